The smallest absolute Gasteiger partial charge is 0.316 e. The monoisotopic (exact) mass is 538 g/mol. The van der Waals surface area contributed by atoms with E-state index in [4.69, 9.17) is 19.9 Å². The van der Waals surface area contributed by atoms with Gasteiger partial charge >= 0.3 is 11.8 Å². The molecule has 5 rings (SSSR count). The van der Waals surface area contributed by atoms with Gasteiger partial charge in [-0.15, -0.1) is 0 Å². The number of primary amides is 1. The number of benzene rings is 1. The molecule has 1 saturated heterocycles. The summed E-state index contributed by atoms with van der Waals surface area (Å²) in [5, 5.41) is 3.24. The summed E-state index contributed by atoms with van der Waals surface area (Å²) in [4.78, 5) is 42.1. The second kappa shape index (κ2) is 10.3. The van der Waals surface area contributed by atoms with Crippen LogP contribution in [0.3, 0.4) is 0 Å². The number of rotatable bonds is 9. The molecule has 2 aromatic heterocycles. The van der Waals surface area contributed by atoms with Gasteiger partial charge in [0.15, 0.2) is 5.82 Å². The SMILES string of the molecule is CC(C)OC(=O)C1(C)COC(C(N)=O)(c2nc(-c3ccc(F)cc3)c(-c3ccnc(NCC4CC4)n3)[nH]2)OC1. The molecule has 12 heteroatoms. The van der Waals surface area contributed by atoms with E-state index in [0.29, 0.717) is 34.5 Å². The van der Waals surface area contributed by atoms with Crippen molar-refractivity contribution in [2.75, 3.05) is 25.1 Å². The number of carbonyl (C=O) groups excluding carboxylic acids is 2. The maximum absolute atomic E-state index is 13.7. The van der Waals surface area contributed by atoms with E-state index in [0.717, 1.165) is 6.54 Å². The predicted molar refractivity (Wildman–Crippen MR) is 138 cm³/mol. The van der Waals surface area contributed by atoms with Gasteiger partial charge in [-0.25, -0.2) is 19.3 Å². The van der Waals surface area contributed by atoms with Gasteiger partial charge in [0.1, 0.15) is 11.2 Å². The first-order valence-corrected chi connectivity index (χ1v) is 12.8. The minimum Gasteiger partial charge on any atom is -0.462 e. The normalized spacial score (nSPS) is 23.0. The highest BCUT2D eigenvalue weighted by Crippen LogP contribution is 2.39. The lowest BCUT2D eigenvalue weighted by atomic mass is 9.91. The lowest BCUT2D eigenvalue weighted by molar-refractivity contribution is -0.294. The van der Waals surface area contributed by atoms with Gasteiger partial charge in [-0.1, -0.05) is 0 Å². The van der Waals surface area contributed by atoms with Crippen molar-refractivity contribution in [1.82, 2.24) is 19.9 Å². The number of ether oxygens (including phenoxy) is 3. The summed E-state index contributed by atoms with van der Waals surface area (Å²) in [6.07, 6.45) is 3.62. The molecule has 4 N–H and O–H groups in total. The van der Waals surface area contributed by atoms with Gasteiger partial charge in [-0.3, -0.25) is 9.59 Å². The van der Waals surface area contributed by atoms with E-state index >= 15 is 0 Å². The van der Waals surface area contributed by atoms with Crippen LogP contribution >= 0.6 is 0 Å². The zero-order valence-corrected chi connectivity index (χ0v) is 22.0. The lowest BCUT2D eigenvalue weighted by Gasteiger charge is -2.40. The Morgan fingerprint density at radius 3 is 2.49 bits per heavy atom. The average Bonchev–Trinajstić information content (AvgIpc) is 3.64. The number of amides is 1. The van der Waals surface area contributed by atoms with Crippen LogP contribution < -0.4 is 11.1 Å². The minimum absolute atomic E-state index is 0.0327. The first-order valence-electron chi connectivity index (χ1n) is 12.8. The van der Waals surface area contributed by atoms with E-state index in [1.165, 1.54) is 25.0 Å². The van der Waals surface area contributed by atoms with Crippen LogP contribution in [-0.2, 0) is 29.6 Å². The maximum atomic E-state index is 13.7. The number of hydrogen-bond donors (Lipinski definition) is 3. The molecule has 3 aromatic rings. The molecule has 39 heavy (non-hydrogen) atoms. The molecule has 2 aliphatic rings. The van der Waals surface area contributed by atoms with E-state index in [9.17, 15) is 14.0 Å². The Balaban J connectivity index is 1.52. The molecule has 0 atom stereocenters. The summed E-state index contributed by atoms with van der Waals surface area (Å²) in [5.74, 6) is -2.97. The first kappa shape index (κ1) is 26.7. The second-order valence-electron chi connectivity index (χ2n) is 10.5. The highest BCUT2D eigenvalue weighted by atomic mass is 19.1. The van der Waals surface area contributed by atoms with Gasteiger partial charge in [0.05, 0.1) is 36.4 Å². The van der Waals surface area contributed by atoms with E-state index in [1.54, 1.807) is 45.2 Å². The topological polar surface area (TPSA) is 154 Å². The van der Waals surface area contributed by atoms with Crippen molar-refractivity contribution < 1.29 is 28.2 Å². The number of nitrogens with two attached hydrogens (primary N) is 1. The largest absolute Gasteiger partial charge is 0.462 e. The predicted octanol–water partition coefficient (Wildman–Crippen LogP) is 3.14. The molecule has 1 amide bonds. The van der Waals surface area contributed by atoms with Gasteiger partial charge in [-0.2, -0.15) is 0 Å². The van der Waals surface area contributed by atoms with Gasteiger partial charge < -0.3 is 30.2 Å². The molecular weight excluding hydrogens is 507 g/mol. The molecule has 206 valence electrons. The summed E-state index contributed by atoms with van der Waals surface area (Å²) in [7, 11) is 0. The Hall–Kier alpha value is -3.90. The molecular formula is C27H31FN6O5. The summed E-state index contributed by atoms with van der Waals surface area (Å²) in [6, 6.07) is 7.42. The molecule has 0 radical (unpaired) electrons. The maximum Gasteiger partial charge on any atom is 0.316 e. The molecule has 1 aliphatic heterocycles. The van der Waals surface area contributed by atoms with Crippen molar-refractivity contribution in [3.63, 3.8) is 0 Å². The Bertz CT molecular complexity index is 1360. The molecule has 0 spiro atoms. The van der Waals surface area contributed by atoms with Crippen LogP contribution in [0.2, 0.25) is 0 Å². The molecule has 2 fully saturated rings. The van der Waals surface area contributed by atoms with Crippen molar-refractivity contribution >= 4 is 17.8 Å². The number of anilines is 1. The van der Waals surface area contributed by atoms with E-state index in [-0.39, 0.29) is 25.1 Å². The summed E-state index contributed by atoms with van der Waals surface area (Å²) >= 11 is 0. The summed E-state index contributed by atoms with van der Waals surface area (Å²) in [6.45, 7) is 5.46. The van der Waals surface area contributed by atoms with Crippen LogP contribution in [0.1, 0.15) is 39.4 Å². The number of nitrogens with zero attached hydrogens (tertiary/aromatic N) is 3. The van der Waals surface area contributed by atoms with Crippen LogP contribution in [0.25, 0.3) is 22.6 Å². The number of esters is 1. The number of H-pyrrole nitrogens is 1. The number of imidazole rings is 1. The average molecular weight is 539 g/mol. The lowest BCUT2D eigenvalue weighted by Crippen LogP contribution is -2.56. The minimum atomic E-state index is -2.11. The van der Waals surface area contributed by atoms with Crippen LogP contribution in [-0.4, -0.2) is 57.7 Å². The molecule has 3 heterocycles. The van der Waals surface area contributed by atoms with Crippen LogP contribution in [0.4, 0.5) is 10.3 Å². The fourth-order valence-electron chi connectivity index (χ4n) is 4.15. The van der Waals surface area contributed by atoms with E-state index < -0.39 is 28.9 Å². The molecule has 0 bridgehead atoms. The van der Waals surface area contributed by atoms with Crippen LogP contribution in [0.15, 0.2) is 36.5 Å². The van der Waals surface area contributed by atoms with Crippen molar-refractivity contribution in [3.8, 4) is 22.6 Å². The zero-order valence-electron chi connectivity index (χ0n) is 22.0. The Kier molecular flexibility index (Phi) is 7.08. The summed E-state index contributed by atoms with van der Waals surface area (Å²) < 4.78 is 30.8. The Morgan fingerprint density at radius 2 is 1.87 bits per heavy atom. The summed E-state index contributed by atoms with van der Waals surface area (Å²) in [5.41, 5.74) is 6.45. The van der Waals surface area contributed by atoms with Gasteiger partial charge in [-0.05, 0) is 69.9 Å². The number of halogens is 1. The van der Waals surface area contributed by atoms with Crippen molar-refractivity contribution in [1.29, 1.82) is 0 Å². The third kappa shape index (κ3) is 5.48. The Morgan fingerprint density at radius 1 is 1.18 bits per heavy atom. The van der Waals surface area contributed by atoms with Gasteiger partial charge in [0, 0.05) is 18.3 Å². The highest BCUT2D eigenvalue weighted by Gasteiger charge is 2.54. The second-order valence-corrected chi connectivity index (χ2v) is 10.5. The standard InChI is InChI=1S/C27H31FN6O5/c1-15(2)39-24(36)26(3)13-37-27(22(29)35,38-14-26)23-33-20(17-6-8-18(28)9-7-17)21(34-23)19-10-11-30-25(32-19)31-12-16-4-5-16/h6-11,15-16H,4-5,12-14H2,1-3H3,(H2,29,35)(H,33,34)(H,30,31,32). The van der Waals surface area contributed by atoms with Crippen molar-refractivity contribution in [2.24, 2.45) is 17.1 Å². The van der Waals surface area contributed by atoms with Gasteiger partial charge in [0.25, 0.3) is 5.91 Å². The third-order valence-corrected chi connectivity index (χ3v) is 6.64. The number of nitrogens with one attached hydrogen (secondary N) is 2. The first-order chi connectivity index (χ1) is 18.6. The molecule has 1 saturated carbocycles. The van der Waals surface area contributed by atoms with E-state index in [2.05, 4.69) is 25.3 Å². The molecule has 11 nitrogen and oxygen atoms in total. The van der Waals surface area contributed by atoms with Crippen LogP contribution in [0, 0.1) is 17.2 Å². The van der Waals surface area contributed by atoms with Gasteiger partial charge in [0.2, 0.25) is 5.95 Å². The molecule has 1 aliphatic carbocycles. The fraction of sp³-hybridized carbons (Fsp3) is 0.444. The number of aromatic amines is 1. The molecule has 0 unspecified atom stereocenters. The molecule has 1 aromatic carbocycles. The van der Waals surface area contributed by atoms with E-state index in [1.807, 2.05) is 0 Å². The fourth-order valence-corrected chi connectivity index (χ4v) is 4.15. The van der Waals surface area contributed by atoms with Crippen molar-refractivity contribution in [2.45, 2.75) is 45.5 Å². The number of aromatic nitrogens is 4. The van der Waals surface area contributed by atoms with Crippen LogP contribution in [0.5, 0.6) is 0 Å². The number of hydrogen-bond acceptors (Lipinski definition) is 9. The third-order valence-electron chi connectivity index (χ3n) is 6.64. The zero-order chi connectivity index (χ0) is 27.8. The number of carbonyl (C=O) groups is 2. The Labute approximate surface area is 224 Å². The van der Waals surface area contributed by atoms with Crippen molar-refractivity contribution in [3.05, 3.63) is 48.2 Å². The highest BCUT2D eigenvalue weighted by molar-refractivity contribution is 5.85. The quantitative estimate of drug-likeness (QED) is 0.349.